The van der Waals surface area contributed by atoms with Crippen molar-refractivity contribution in [1.29, 1.82) is 0 Å². The SMILES string of the molecule is COc1ncnc(C2CC2)c1-c1ncc(C)c(OCc2ccc(-c3ncc(C(F)(F)F)[nH]3)cc2)n1. The summed E-state index contributed by atoms with van der Waals surface area (Å²) in [5, 5.41) is 0. The molecule has 1 aromatic carbocycles. The van der Waals surface area contributed by atoms with Crippen LogP contribution in [-0.2, 0) is 12.8 Å². The quantitative estimate of drug-likeness (QED) is 0.391. The van der Waals surface area contributed by atoms with Gasteiger partial charge in [0, 0.05) is 23.2 Å². The van der Waals surface area contributed by atoms with E-state index in [-0.39, 0.29) is 12.4 Å². The van der Waals surface area contributed by atoms with E-state index in [4.69, 9.17) is 9.47 Å². The minimum atomic E-state index is -4.47. The molecule has 0 aliphatic heterocycles. The predicted octanol–water partition coefficient (Wildman–Crippen LogP) is 5.12. The molecule has 0 bridgehead atoms. The Morgan fingerprint density at radius 3 is 2.43 bits per heavy atom. The molecule has 1 aliphatic carbocycles. The number of hydrogen-bond donors (Lipinski definition) is 1. The number of benzene rings is 1. The van der Waals surface area contributed by atoms with Crippen molar-refractivity contribution in [2.75, 3.05) is 7.11 Å². The molecule has 0 amide bonds. The van der Waals surface area contributed by atoms with E-state index in [0.717, 1.165) is 35.9 Å². The van der Waals surface area contributed by atoms with Crippen molar-refractivity contribution in [3.63, 3.8) is 0 Å². The Bertz CT molecular complexity index is 1350. The molecule has 1 saturated carbocycles. The van der Waals surface area contributed by atoms with Gasteiger partial charge < -0.3 is 14.5 Å². The van der Waals surface area contributed by atoms with Crippen molar-refractivity contribution in [2.24, 2.45) is 0 Å². The standard InChI is InChI=1S/C24H21F3N6O2/c1-13-9-28-21(18-19(15-7-8-15)30-12-31-23(18)34-2)33-22(13)35-11-14-3-5-16(6-4-14)20-29-10-17(32-20)24(25,26)27/h3-6,9-10,12,15H,7-8,11H2,1-2H3,(H,29,32). The third kappa shape index (κ3) is 4.79. The third-order valence-corrected chi connectivity index (χ3v) is 5.63. The highest BCUT2D eigenvalue weighted by Crippen LogP contribution is 2.45. The minimum absolute atomic E-state index is 0.145. The molecule has 0 radical (unpaired) electrons. The fourth-order valence-electron chi connectivity index (χ4n) is 3.63. The lowest BCUT2D eigenvalue weighted by atomic mass is 10.1. The monoisotopic (exact) mass is 482 g/mol. The summed E-state index contributed by atoms with van der Waals surface area (Å²) in [5.41, 5.74) is 2.76. The number of hydrogen-bond acceptors (Lipinski definition) is 7. The van der Waals surface area contributed by atoms with Crippen molar-refractivity contribution < 1.29 is 22.6 Å². The molecule has 1 fully saturated rings. The molecule has 35 heavy (non-hydrogen) atoms. The number of nitrogens with one attached hydrogen (secondary N) is 1. The third-order valence-electron chi connectivity index (χ3n) is 5.63. The second-order valence-electron chi connectivity index (χ2n) is 8.23. The van der Waals surface area contributed by atoms with Crippen molar-refractivity contribution >= 4 is 0 Å². The van der Waals surface area contributed by atoms with Gasteiger partial charge in [-0.25, -0.2) is 19.9 Å². The lowest BCUT2D eigenvalue weighted by Crippen LogP contribution is -2.05. The first-order valence-corrected chi connectivity index (χ1v) is 10.9. The maximum atomic E-state index is 12.8. The number of aryl methyl sites for hydroxylation is 1. The van der Waals surface area contributed by atoms with Crippen LogP contribution < -0.4 is 9.47 Å². The maximum absolute atomic E-state index is 12.8. The Labute approximate surface area is 198 Å². The van der Waals surface area contributed by atoms with E-state index in [9.17, 15) is 13.2 Å². The Balaban J connectivity index is 1.34. The van der Waals surface area contributed by atoms with Crippen LogP contribution in [0.15, 0.2) is 43.0 Å². The normalized spacial score (nSPS) is 13.6. The highest BCUT2D eigenvalue weighted by molar-refractivity contribution is 5.66. The average molecular weight is 482 g/mol. The van der Waals surface area contributed by atoms with Gasteiger partial charge in [-0.1, -0.05) is 24.3 Å². The Kier molecular flexibility index (Phi) is 5.83. The number of rotatable bonds is 7. The zero-order valence-corrected chi connectivity index (χ0v) is 18.9. The van der Waals surface area contributed by atoms with Crippen LogP contribution in [0.25, 0.3) is 22.8 Å². The number of aromatic nitrogens is 6. The molecule has 8 nitrogen and oxygen atoms in total. The van der Waals surface area contributed by atoms with Crippen LogP contribution in [0.1, 0.15) is 41.3 Å². The molecule has 1 N–H and O–H groups in total. The molecule has 0 unspecified atom stereocenters. The topological polar surface area (TPSA) is 98.7 Å². The van der Waals surface area contributed by atoms with Crippen LogP contribution in [0.3, 0.4) is 0 Å². The smallest absolute Gasteiger partial charge is 0.432 e. The van der Waals surface area contributed by atoms with E-state index in [2.05, 4.69) is 29.9 Å². The Morgan fingerprint density at radius 2 is 1.77 bits per heavy atom. The molecule has 3 heterocycles. The summed E-state index contributed by atoms with van der Waals surface area (Å²) < 4.78 is 49.8. The van der Waals surface area contributed by atoms with E-state index >= 15 is 0 Å². The van der Waals surface area contributed by atoms with Gasteiger partial charge in [0.15, 0.2) is 5.82 Å². The van der Waals surface area contributed by atoms with E-state index in [1.54, 1.807) is 37.6 Å². The van der Waals surface area contributed by atoms with E-state index in [1.165, 1.54) is 6.33 Å². The molecule has 0 saturated heterocycles. The van der Waals surface area contributed by atoms with Gasteiger partial charge in [-0.3, -0.25) is 0 Å². The van der Waals surface area contributed by atoms with Gasteiger partial charge in [-0.15, -0.1) is 0 Å². The fraction of sp³-hybridized carbons (Fsp3) is 0.292. The largest absolute Gasteiger partial charge is 0.480 e. The number of aromatic amines is 1. The molecule has 0 atom stereocenters. The highest BCUT2D eigenvalue weighted by atomic mass is 19.4. The van der Waals surface area contributed by atoms with Crippen LogP contribution in [0.5, 0.6) is 11.8 Å². The van der Waals surface area contributed by atoms with Crippen LogP contribution in [0.2, 0.25) is 0 Å². The first-order chi connectivity index (χ1) is 16.8. The second kappa shape index (κ2) is 8.97. The van der Waals surface area contributed by atoms with Gasteiger partial charge >= 0.3 is 6.18 Å². The molecular weight excluding hydrogens is 461 g/mol. The van der Waals surface area contributed by atoms with Crippen LogP contribution in [-0.4, -0.2) is 37.0 Å². The number of H-pyrrole nitrogens is 1. The van der Waals surface area contributed by atoms with Gasteiger partial charge in [0.25, 0.3) is 0 Å². The zero-order chi connectivity index (χ0) is 24.6. The molecule has 0 spiro atoms. The van der Waals surface area contributed by atoms with Crippen molar-refractivity contribution in [3.8, 4) is 34.5 Å². The van der Waals surface area contributed by atoms with Crippen molar-refractivity contribution in [3.05, 3.63) is 65.5 Å². The zero-order valence-electron chi connectivity index (χ0n) is 18.9. The molecule has 1 aliphatic rings. The molecule has 3 aromatic heterocycles. The molecule has 180 valence electrons. The fourth-order valence-corrected chi connectivity index (χ4v) is 3.63. The predicted molar refractivity (Wildman–Crippen MR) is 120 cm³/mol. The summed E-state index contributed by atoms with van der Waals surface area (Å²) in [4.78, 5) is 23.8. The van der Waals surface area contributed by atoms with Gasteiger partial charge in [0.2, 0.25) is 11.8 Å². The van der Waals surface area contributed by atoms with Crippen LogP contribution in [0.4, 0.5) is 13.2 Å². The van der Waals surface area contributed by atoms with Gasteiger partial charge in [0.05, 0.1) is 19.0 Å². The van der Waals surface area contributed by atoms with Crippen molar-refractivity contribution in [1.82, 2.24) is 29.9 Å². The van der Waals surface area contributed by atoms with Gasteiger partial charge in [-0.2, -0.15) is 18.2 Å². The second-order valence-corrected chi connectivity index (χ2v) is 8.23. The number of methoxy groups -OCH3 is 1. The number of nitrogens with zero attached hydrogens (tertiary/aromatic N) is 5. The average Bonchev–Trinajstić information content (AvgIpc) is 3.57. The number of alkyl halides is 3. The summed E-state index contributed by atoms with van der Waals surface area (Å²) in [6, 6.07) is 6.90. The number of imidazole rings is 1. The maximum Gasteiger partial charge on any atom is 0.432 e. The van der Waals surface area contributed by atoms with Crippen LogP contribution >= 0.6 is 0 Å². The van der Waals surface area contributed by atoms with E-state index in [0.29, 0.717) is 34.6 Å². The summed E-state index contributed by atoms with van der Waals surface area (Å²) in [5.74, 6) is 1.74. The minimum Gasteiger partial charge on any atom is -0.480 e. The highest BCUT2D eigenvalue weighted by Gasteiger charge is 2.33. The molecule has 11 heteroatoms. The molecule has 5 rings (SSSR count). The number of ether oxygens (including phenoxy) is 2. The number of halogens is 3. The van der Waals surface area contributed by atoms with E-state index < -0.39 is 11.9 Å². The Hall–Kier alpha value is -4.02. The first kappa shape index (κ1) is 22.8. The summed E-state index contributed by atoms with van der Waals surface area (Å²) in [6.07, 6.45) is 1.57. The van der Waals surface area contributed by atoms with Crippen LogP contribution in [0, 0.1) is 6.92 Å². The first-order valence-electron chi connectivity index (χ1n) is 10.9. The van der Waals surface area contributed by atoms with Crippen molar-refractivity contribution in [2.45, 2.75) is 38.5 Å². The van der Waals surface area contributed by atoms with Gasteiger partial charge in [0.1, 0.15) is 30.0 Å². The summed E-state index contributed by atoms with van der Waals surface area (Å²) in [6.45, 7) is 2.05. The molecular formula is C24H21F3N6O2. The Morgan fingerprint density at radius 1 is 1.00 bits per heavy atom. The lowest BCUT2D eigenvalue weighted by molar-refractivity contribution is -0.140. The summed E-state index contributed by atoms with van der Waals surface area (Å²) >= 11 is 0. The summed E-state index contributed by atoms with van der Waals surface area (Å²) in [7, 11) is 1.55. The van der Waals surface area contributed by atoms with E-state index in [1.807, 2.05) is 6.92 Å². The molecule has 4 aromatic rings. The van der Waals surface area contributed by atoms with Gasteiger partial charge in [-0.05, 0) is 25.3 Å². The lowest BCUT2D eigenvalue weighted by Gasteiger charge is -2.13.